The molecule has 0 heterocycles. The molecule has 0 saturated heterocycles. The van der Waals surface area contributed by atoms with Gasteiger partial charge in [-0.3, -0.25) is 0 Å². The van der Waals surface area contributed by atoms with E-state index in [2.05, 4.69) is 22.9 Å². The summed E-state index contributed by atoms with van der Waals surface area (Å²) in [6.45, 7) is 0.618. The first-order valence-corrected chi connectivity index (χ1v) is 9.86. The highest BCUT2D eigenvalue weighted by Crippen LogP contribution is 2.47. The van der Waals surface area contributed by atoms with Crippen LogP contribution in [-0.2, 0) is 21.2 Å². The molecular weight excluding hydrogens is 298 g/mol. The van der Waals surface area contributed by atoms with Gasteiger partial charge in [0.05, 0.1) is 5.75 Å². The Bertz CT molecular complexity index is 627. The molecule has 0 amide bonds. The van der Waals surface area contributed by atoms with Crippen molar-refractivity contribution >= 4 is 10.0 Å². The highest BCUT2D eigenvalue weighted by Gasteiger charge is 2.36. The largest absolute Gasteiger partial charge is 0.385 e. The number of ether oxygens (including phenoxy) is 1. The number of nitrogens with one attached hydrogen (secondary N) is 1. The Balaban J connectivity index is 1.69. The van der Waals surface area contributed by atoms with E-state index in [-0.39, 0.29) is 11.8 Å². The summed E-state index contributed by atoms with van der Waals surface area (Å²) < 4.78 is 32.5. The number of hydrogen-bond acceptors (Lipinski definition) is 3. The van der Waals surface area contributed by atoms with Gasteiger partial charge in [-0.2, -0.15) is 0 Å². The molecule has 0 spiro atoms. The Morgan fingerprint density at radius 3 is 3.00 bits per heavy atom. The van der Waals surface area contributed by atoms with E-state index in [0.717, 1.165) is 19.3 Å². The number of methoxy groups -OCH3 is 1. The lowest BCUT2D eigenvalue weighted by Gasteiger charge is -2.20. The number of rotatable bonds is 7. The second-order valence-electron chi connectivity index (χ2n) is 6.43. The first kappa shape index (κ1) is 16.0. The summed E-state index contributed by atoms with van der Waals surface area (Å²) in [4.78, 5) is 0. The molecular formula is C17H25NO3S. The fourth-order valence-electron chi connectivity index (χ4n) is 3.91. The lowest BCUT2D eigenvalue weighted by molar-refractivity contribution is 0.194. The highest BCUT2D eigenvalue weighted by molar-refractivity contribution is 7.89. The topological polar surface area (TPSA) is 55.4 Å². The van der Waals surface area contributed by atoms with Crippen LogP contribution in [0.2, 0.25) is 0 Å². The number of benzene rings is 1. The van der Waals surface area contributed by atoms with E-state index in [1.165, 1.54) is 29.5 Å². The molecule has 1 aromatic carbocycles. The predicted molar refractivity (Wildman–Crippen MR) is 87.5 cm³/mol. The van der Waals surface area contributed by atoms with Crippen LogP contribution in [0.5, 0.6) is 0 Å². The average molecular weight is 323 g/mol. The lowest BCUT2D eigenvalue weighted by atomic mass is 9.84. The van der Waals surface area contributed by atoms with Crippen molar-refractivity contribution < 1.29 is 13.2 Å². The van der Waals surface area contributed by atoms with E-state index in [0.29, 0.717) is 18.9 Å². The van der Waals surface area contributed by atoms with Crippen molar-refractivity contribution in [3.8, 4) is 0 Å². The van der Waals surface area contributed by atoms with Gasteiger partial charge in [0.25, 0.3) is 0 Å². The molecule has 1 N–H and O–H groups in total. The van der Waals surface area contributed by atoms with Crippen molar-refractivity contribution in [2.24, 2.45) is 0 Å². The number of hydrogen-bond donors (Lipinski definition) is 1. The Labute approximate surface area is 133 Å². The van der Waals surface area contributed by atoms with Gasteiger partial charge < -0.3 is 4.74 Å². The first-order chi connectivity index (χ1) is 10.6. The van der Waals surface area contributed by atoms with E-state index in [4.69, 9.17) is 4.74 Å². The Kier molecular flexibility index (Phi) is 4.85. The minimum absolute atomic E-state index is 0.0366. The van der Waals surface area contributed by atoms with Crippen LogP contribution in [0, 0.1) is 0 Å². The quantitative estimate of drug-likeness (QED) is 0.785. The van der Waals surface area contributed by atoms with Crippen LogP contribution in [0.3, 0.4) is 0 Å². The van der Waals surface area contributed by atoms with Gasteiger partial charge in [-0.1, -0.05) is 18.2 Å². The second kappa shape index (κ2) is 6.69. The number of sulfonamides is 1. The molecule has 0 aliphatic heterocycles. The molecule has 0 saturated carbocycles. The van der Waals surface area contributed by atoms with Gasteiger partial charge in [-0.15, -0.1) is 0 Å². The molecule has 0 fully saturated rings. The summed E-state index contributed by atoms with van der Waals surface area (Å²) in [6, 6.07) is 6.34. The summed E-state index contributed by atoms with van der Waals surface area (Å²) in [6.07, 6.45) is 5.89. The Morgan fingerprint density at radius 2 is 2.18 bits per heavy atom. The van der Waals surface area contributed by atoms with Crippen molar-refractivity contribution in [1.29, 1.82) is 0 Å². The zero-order chi connectivity index (χ0) is 15.6. The van der Waals surface area contributed by atoms with Crippen LogP contribution in [0.1, 0.15) is 60.8 Å². The molecule has 122 valence electrons. The molecule has 2 aliphatic carbocycles. The lowest BCUT2D eigenvalue weighted by Crippen LogP contribution is -2.29. The van der Waals surface area contributed by atoms with Crippen molar-refractivity contribution in [1.82, 2.24) is 4.72 Å². The summed E-state index contributed by atoms with van der Waals surface area (Å²) in [7, 11) is -1.58. The van der Waals surface area contributed by atoms with Crippen LogP contribution in [0.25, 0.3) is 0 Å². The predicted octanol–water partition coefficient (Wildman–Crippen LogP) is 2.90. The Hall–Kier alpha value is -0.910. The van der Waals surface area contributed by atoms with Gasteiger partial charge in [0.1, 0.15) is 0 Å². The van der Waals surface area contributed by atoms with Crippen molar-refractivity contribution in [2.45, 2.75) is 50.5 Å². The zero-order valence-electron chi connectivity index (χ0n) is 13.2. The van der Waals surface area contributed by atoms with E-state index in [1.807, 2.05) is 0 Å². The van der Waals surface area contributed by atoms with Crippen molar-refractivity contribution in [3.05, 3.63) is 34.9 Å². The van der Waals surface area contributed by atoms with Gasteiger partial charge in [0, 0.05) is 19.8 Å². The standard InChI is InChI=1S/C17H25NO3S/c1-21-10-2-3-11-22(19,20)18-16-12-14-8-4-6-13-7-5-9-15(16)17(13)14/h5,7,9,14,16,18H,2-4,6,8,10-12H2,1H3/t14-,16+/m0/s1. The van der Waals surface area contributed by atoms with Crippen molar-refractivity contribution in [3.63, 3.8) is 0 Å². The summed E-state index contributed by atoms with van der Waals surface area (Å²) in [5.74, 6) is 0.730. The monoisotopic (exact) mass is 323 g/mol. The molecule has 2 atom stereocenters. The summed E-state index contributed by atoms with van der Waals surface area (Å²) in [5, 5.41) is 0. The third-order valence-corrected chi connectivity index (χ3v) is 6.34. The molecule has 22 heavy (non-hydrogen) atoms. The molecule has 1 aromatic rings. The fourth-order valence-corrected chi connectivity index (χ4v) is 5.27. The van der Waals surface area contributed by atoms with E-state index in [9.17, 15) is 8.42 Å². The molecule has 0 bridgehead atoms. The van der Waals surface area contributed by atoms with Gasteiger partial charge in [0.15, 0.2) is 0 Å². The van der Waals surface area contributed by atoms with Gasteiger partial charge in [-0.25, -0.2) is 13.1 Å². The SMILES string of the molecule is COCCCCS(=O)(=O)N[C@@H]1C[C@@H]2CCCc3cccc1c32. The van der Waals surface area contributed by atoms with Crippen LogP contribution in [0.4, 0.5) is 0 Å². The minimum atomic E-state index is -3.22. The molecule has 0 aromatic heterocycles. The van der Waals surface area contributed by atoms with E-state index < -0.39 is 10.0 Å². The fraction of sp³-hybridized carbons (Fsp3) is 0.647. The summed E-state index contributed by atoms with van der Waals surface area (Å²) >= 11 is 0. The Morgan fingerprint density at radius 1 is 1.32 bits per heavy atom. The molecule has 2 aliphatic rings. The van der Waals surface area contributed by atoms with Crippen LogP contribution >= 0.6 is 0 Å². The van der Waals surface area contributed by atoms with Crippen LogP contribution < -0.4 is 4.72 Å². The normalized spacial score (nSPS) is 23.5. The highest BCUT2D eigenvalue weighted by atomic mass is 32.2. The number of unbranched alkanes of at least 4 members (excludes halogenated alkanes) is 1. The molecule has 5 heteroatoms. The zero-order valence-corrected chi connectivity index (χ0v) is 14.0. The first-order valence-electron chi connectivity index (χ1n) is 8.21. The minimum Gasteiger partial charge on any atom is -0.385 e. The number of aryl methyl sites for hydroxylation is 1. The molecule has 3 rings (SSSR count). The molecule has 4 nitrogen and oxygen atoms in total. The van der Waals surface area contributed by atoms with Gasteiger partial charge in [-0.05, 0) is 61.1 Å². The smallest absolute Gasteiger partial charge is 0.212 e. The maximum Gasteiger partial charge on any atom is 0.212 e. The third kappa shape index (κ3) is 3.36. The second-order valence-corrected chi connectivity index (χ2v) is 8.31. The third-order valence-electron chi connectivity index (χ3n) is 4.87. The van der Waals surface area contributed by atoms with Crippen LogP contribution in [0.15, 0.2) is 18.2 Å². The summed E-state index contributed by atoms with van der Waals surface area (Å²) in [5.41, 5.74) is 4.07. The van der Waals surface area contributed by atoms with Crippen molar-refractivity contribution in [2.75, 3.05) is 19.5 Å². The van der Waals surface area contributed by atoms with Gasteiger partial charge >= 0.3 is 0 Å². The van der Waals surface area contributed by atoms with Gasteiger partial charge in [0.2, 0.25) is 10.0 Å². The molecule has 0 radical (unpaired) electrons. The maximum absolute atomic E-state index is 12.3. The van der Waals surface area contributed by atoms with E-state index >= 15 is 0 Å². The maximum atomic E-state index is 12.3. The van der Waals surface area contributed by atoms with E-state index in [1.54, 1.807) is 7.11 Å². The van der Waals surface area contributed by atoms with Crippen LogP contribution in [-0.4, -0.2) is 27.9 Å². The molecule has 0 unspecified atom stereocenters. The average Bonchev–Trinajstić information content (AvgIpc) is 2.84.